The molecule has 0 aliphatic heterocycles. The van der Waals surface area contributed by atoms with Crippen LogP contribution in [0.15, 0.2) is 77.4 Å². The number of allylic oxidation sites excluding steroid dienone is 8. The van der Waals surface area contributed by atoms with Gasteiger partial charge >= 0.3 is 0 Å². The Morgan fingerprint density at radius 1 is 0.727 bits per heavy atom. The quantitative estimate of drug-likeness (QED) is 0.537. The maximum absolute atomic E-state index is 6.27. The molecule has 2 aliphatic rings. The molecule has 1 aromatic rings. The van der Waals surface area contributed by atoms with E-state index < -0.39 is 6.04 Å². The summed E-state index contributed by atoms with van der Waals surface area (Å²) in [6, 6.07) is 8.43. The minimum Gasteiger partial charge on any atom is -0.0846 e. The second-order valence-corrected chi connectivity index (χ2v) is 10.7. The van der Waals surface area contributed by atoms with Gasteiger partial charge in [-0.25, -0.2) is 0 Å². The summed E-state index contributed by atoms with van der Waals surface area (Å²) in [5, 5.41) is 3.68. The first-order chi connectivity index (χ1) is 10.6. The number of hydrogen-bond donors (Lipinski definition) is 0. The fourth-order valence-corrected chi connectivity index (χ4v) is 6.82. The number of thiocarbonyl (C=S) groups is 2. The summed E-state index contributed by atoms with van der Waals surface area (Å²) >= 11 is 16.8. The molecule has 0 amide bonds. The molecule has 0 N–H and O–H groups in total. The van der Waals surface area contributed by atoms with Crippen molar-refractivity contribution < 1.29 is 0 Å². The van der Waals surface area contributed by atoms with E-state index in [4.69, 9.17) is 36.2 Å². The topological polar surface area (TPSA) is 0 Å². The Kier molecular flexibility index (Phi) is 4.79. The maximum Gasteiger partial charge on any atom is 0.0373 e. The predicted molar refractivity (Wildman–Crippen MR) is 109 cm³/mol. The van der Waals surface area contributed by atoms with Gasteiger partial charge in [0, 0.05) is 28.6 Å². The highest BCUT2D eigenvalue weighted by Crippen LogP contribution is 2.62. The van der Waals surface area contributed by atoms with E-state index in [1.165, 1.54) is 15.9 Å². The Bertz CT molecular complexity index is 749. The number of hydrogen-bond acceptors (Lipinski definition) is 3. The van der Waals surface area contributed by atoms with Crippen molar-refractivity contribution in [1.29, 1.82) is 0 Å². The molecule has 22 heavy (non-hydrogen) atoms. The van der Waals surface area contributed by atoms with Gasteiger partial charge < -0.3 is 0 Å². The van der Waals surface area contributed by atoms with Crippen molar-refractivity contribution in [3.05, 3.63) is 77.4 Å². The maximum atomic E-state index is 6.27. The summed E-state index contributed by atoms with van der Waals surface area (Å²) in [7, 11) is 0. The summed E-state index contributed by atoms with van der Waals surface area (Å²) in [6.07, 6.45) is 14.3. The Balaban J connectivity index is 2.14. The van der Waals surface area contributed by atoms with Gasteiger partial charge in [-0.3, -0.25) is 0 Å². The van der Waals surface area contributed by atoms with Gasteiger partial charge in [-0.1, -0.05) is 90.9 Å². The van der Waals surface area contributed by atoms with Gasteiger partial charge in [-0.2, -0.15) is 0 Å². The molecule has 0 saturated heterocycles. The monoisotopic (exact) mass is 358 g/mol. The van der Waals surface area contributed by atoms with E-state index in [-0.39, 0.29) is 0 Å². The molecule has 4 heteroatoms. The normalized spacial score (nSPS) is 18.2. The molecule has 0 fully saturated rings. The van der Waals surface area contributed by atoms with Crippen LogP contribution in [0.25, 0.3) is 0 Å². The second kappa shape index (κ2) is 6.64. The van der Waals surface area contributed by atoms with Crippen LogP contribution in [0.3, 0.4) is 0 Å². The lowest BCUT2D eigenvalue weighted by Gasteiger charge is -2.28. The third-order valence-corrected chi connectivity index (χ3v) is 9.40. The predicted octanol–water partition coefficient (Wildman–Crippen LogP) is 5.22. The van der Waals surface area contributed by atoms with E-state index in [0.29, 0.717) is 0 Å². The molecule has 0 atom stereocenters. The van der Waals surface area contributed by atoms with Gasteiger partial charge in [0.2, 0.25) is 0 Å². The van der Waals surface area contributed by atoms with Crippen molar-refractivity contribution in [2.24, 2.45) is 0 Å². The van der Waals surface area contributed by atoms with Crippen molar-refractivity contribution in [2.75, 3.05) is 0 Å². The molecular formula is C18H15PS3. The van der Waals surface area contributed by atoms with Crippen molar-refractivity contribution >= 4 is 57.3 Å². The lowest BCUT2D eigenvalue weighted by Crippen LogP contribution is -2.10. The summed E-state index contributed by atoms with van der Waals surface area (Å²) in [5.74, 6) is 0. The zero-order valence-electron chi connectivity index (χ0n) is 11.9. The van der Waals surface area contributed by atoms with Crippen molar-refractivity contribution in [1.82, 2.24) is 0 Å². The van der Waals surface area contributed by atoms with E-state index in [1.54, 1.807) is 0 Å². The van der Waals surface area contributed by atoms with Gasteiger partial charge in [-0.05, 0) is 28.1 Å². The van der Waals surface area contributed by atoms with Crippen LogP contribution in [0.2, 0.25) is 0 Å². The van der Waals surface area contributed by atoms with Crippen LogP contribution in [0.5, 0.6) is 0 Å². The van der Waals surface area contributed by atoms with Crippen LogP contribution in [0.4, 0.5) is 0 Å². The molecule has 2 aliphatic carbocycles. The highest BCUT2D eigenvalue weighted by Gasteiger charge is 2.28. The van der Waals surface area contributed by atoms with Crippen LogP contribution in [0.1, 0.15) is 12.8 Å². The van der Waals surface area contributed by atoms with Crippen molar-refractivity contribution in [3.8, 4) is 0 Å². The second-order valence-electron chi connectivity index (χ2n) is 5.21. The highest BCUT2D eigenvalue weighted by molar-refractivity contribution is 8.22. The summed E-state index contributed by atoms with van der Waals surface area (Å²) in [4.78, 5) is 1.93. The zero-order valence-corrected chi connectivity index (χ0v) is 15.3. The number of benzene rings is 1. The molecule has 0 heterocycles. The van der Waals surface area contributed by atoms with Crippen LogP contribution < -0.4 is 5.30 Å². The Morgan fingerprint density at radius 2 is 1.23 bits per heavy atom. The Morgan fingerprint density at radius 3 is 1.64 bits per heavy atom. The SMILES string of the molecule is S=C1C=CC(P(=S)(C2=CCC(=S)C=C2)c2ccccc2)=CC1. The molecule has 0 radical (unpaired) electrons. The summed E-state index contributed by atoms with van der Waals surface area (Å²) in [5.41, 5.74) is 0. The van der Waals surface area contributed by atoms with E-state index in [0.717, 1.165) is 22.6 Å². The highest BCUT2D eigenvalue weighted by atomic mass is 32.4. The van der Waals surface area contributed by atoms with Gasteiger partial charge in [0.05, 0.1) is 0 Å². The van der Waals surface area contributed by atoms with E-state index in [9.17, 15) is 0 Å². The lowest BCUT2D eigenvalue weighted by molar-refractivity contribution is 1.47. The van der Waals surface area contributed by atoms with E-state index >= 15 is 0 Å². The first-order valence-corrected chi connectivity index (χ1v) is 10.7. The third kappa shape index (κ3) is 3.04. The molecule has 0 saturated carbocycles. The summed E-state index contributed by atoms with van der Waals surface area (Å²) in [6.45, 7) is 0. The fraction of sp³-hybridized carbons (Fsp3) is 0.111. The average Bonchev–Trinajstić information content (AvgIpc) is 2.56. The molecular weight excluding hydrogens is 343 g/mol. The van der Waals surface area contributed by atoms with Gasteiger partial charge in [0.15, 0.2) is 0 Å². The third-order valence-electron chi connectivity index (χ3n) is 3.75. The Labute approximate surface area is 147 Å². The number of rotatable bonds is 3. The summed E-state index contributed by atoms with van der Waals surface area (Å²) < 4.78 is 0. The lowest BCUT2D eigenvalue weighted by atomic mass is 10.2. The van der Waals surface area contributed by atoms with Crippen molar-refractivity contribution in [3.63, 3.8) is 0 Å². The standard InChI is InChI=1S/C18H15PS3/c20-17-10-6-15(7-11-17)19(22,14-4-2-1-3-5-14)16-8-12-18(21)13-9-16/h1-10,12H,11,13H2. The largest absolute Gasteiger partial charge is 0.0846 e. The molecule has 0 unspecified atom stereocenters. The zero-order chi connectivity index (χ0) is 15.6. The molecule has 0 aromatic heterocycles. The first kappa shape index (κ1) is 15.9. The van der Waals surface area contributed by atoms with E-state index in [1.807, 2.05) is 18.2 Å². The molecule has 0 nitrogen and oxygen atoms in total. The average molecular weight is 358 g/mol. The van der Waals surface area contributed by atoms with Crippen molar-refractivity contribution in [2.45, 2.75) is 12.8 Å². The van der Waals surface area contributed by atoms with Crippen LogP contribution >= 0.6 is 30.5 Å². The van der Waals surface area contributed by atoms with Gasteiger partial charge in [0.1, 0.15) is 0 Å². The molecule has 0 bridgehead atoms. The molecule has 0 spiro atoms. The van der Waals surface area contributed by atoms with E-state index in [2.05, 4.69) is 48.6 Å². The van der Waals surface area contributed by atoms with Crippen LogP contribution in [-0.2, 0) is 11.8 Å². The minimum absolute atomic E-state index is 0.807. The molecule has 1 aromatic carbocycles. The minimum atomic E-state index is -2.01. The first-order valence-electron chi connectivity index (χ1n) is 7.09. The van der Waals surface area contributed by atoms with Crippen LogP contribution in [0, 0.1) is 0 Å². The molecule has 110 valence electrons. The van der Waals surface area contributed by atoms with Gasteiger partial charge in [-0.15, -0.1) is 0 Å². The fourth-order valence-electron chi connectivity index (χ4n) is 2.59. The smallest absolute Gasteiger partial charge is 0.0373 e. The molecule has 3 rings (SSSR count). The Hall–Kier alpha value is -0.990. The van der Waals surface area contributed by atoms with Gasteiger partial charge in [0.25, 0.3) is 0 Å². The van der Waals surface area contributed by atoms with Crippen LogP contribution in [-0.4, -0.2) is 9.73 Å².